The van der Waals surface area contributed by atoms with Gasteiger partial charge in [-0.3, -0.25) is 14.5 Å². The van der Waals surface area contributed by atoms with Crippen LogP contribution < -0.4 is 5.32 Å². The van der Waals surface area contributed by atoms with Crippen LogP contribution in [0.4, 0.5) is 18.9 Å². The predicted molar refractivity (Wildman–Crippen MR) is 141 cm³/mol. The number of rotatable bonds is 5. The number of aromatic nitrogens is 4. The lowest BCUT2D eigenvalue weighted by Crippen LogP contribution is -2.36. The van der Waals surface area contributed by atoms with Crippen molar-refractivity contribution in [3.63, 3.8) is 0 Å². The molecule has 0 unspecified atom stereocenters. The van der Waals surface area contributed by atoms with Gasteiger partial charge in [-0.25, -0.2) is 9.50 Å². The highest BCUT2D eigenvalue weighted by Gasteiger charge is 2.48. The highest BCUT2D eigenvalue weighted by Crippen LogP contribution is 2.40. The van der Waals surface area contributed by atoms with E-state index in [4.69, 9.17) is 0 Å². The number of nitrogens with zero attached hydrogens (tertiary/aromatic N) is 4. The van der Waals surface area contributed by atoms with Crippen LogP contribution in [0.2, 0.25) is 0 Å². The van der Waals surface area contributed by atoms with E-state index >= 15 is 0 Å². The summed E-state index contributed by atoms with van der Waals surface area (Å²) in [5.41, 5.74) is 3.76. The number of halogens is 3. The predicted octanol–water partition coefficient (Wildman–Crippen LogP) is 6.90. The van der Waals surface area contributed by atoms with Crippen LogP contribution in [0.5, 0.6) is 0 Å². The lowest BCUT2D eigenvalue weighted by atomic mass is 9.83. The molecule has 9 heteroatoms. The first-order chi connectivity index (χ1) is 18.0. The Morgan fingerprint density at radius 2 is 1.74 bits per heavy atom. The van der Waals surface area contributed by atoms with E-state index in [2.05, 4.69) is 15.3 Å². The molecule has 0 radical (unpaired) electrons. The molecule has 0 saturated heterocycles. The molecular weight excluding hydrogens is 491 g/mol. The van der Waals surface area contributed by atoms with E-state index in [1.165, 1.54) is 24.3 Å². The van der Waals surface area contributed by atoms with Gasteiger partial charge in [-0.1, -0.05) is 18.2 Å². The summed E-state index contributed by atoms with van der Waals surface area (Å²) in [6.45, 7) is 6.06. The zero-order chi connectivity index (χ0) is 27.2. The Balaban J connectivity index is 1.52. The molecule has 38 heavy (non-hydrogen) atoms. The second-order valence-corrected chi connectivity index (χ2v) is 9.83. The van der Waals surface area contributed by atoms with Gasteiger partial charge in [0.2, 0.25) is 0 Å². The summed E-state index contributed by atoms with van der Waals surface area (Å²) < 4.78 is 44.6. The Hall–Kier alpha value is -4.40. The second-order valence-electron chi connectivity index (χ2n) is 9.83. The van der Waals surface area contributed by atoms with Gasteiger partial charge in [-0.05, 0) is 74.7 Å². The number of pyridine rings is 1. The summed E-state index contributed by atoms with van der Waals surface area (Å²) in [6.07, 6.45) is 2.70. The highest BCUT2D eigenvalue weighted by atomic mass is 19.4. The van der Waals surface area contributed by atoms with Crippen molar-refractivity contribution < 1.29 is 18.0 Å². The monoisotopic (exact) mass is 517 g/mol. The molecule has 0 fully saturated rings. The van der Waals surface area contributed by atoms with Crippen molar-refractivity contribution in [2.75, 3.05) is 5.32 Å². The maximum absolute atomic E-state index is 13.6. The fourth-order valence-corrected chi connectivity index (χ4v) is 4.43. The van der Waals surface area contributed by atoms with E-state index in [-0.39, 0.29) is 11.1 Å². The van der Waals surface area contributed by atoms with Crippen molar-refractivity contribution in [3.05, 3.63) is 102 Å². The molecule has 0 spiro atoms. The zero-order valence-electron chi connectivity index (χ0n) is 21.3. The fourth-order valence-electron chi connectivity index (χ4n) is 4.43. The van der Waals surface area contributed by atoms with E-state index in [0.717, 1.165) is 47.6 Å². The molecule has 0 saturated carbocycles. The molecule has 1 N–H and O–H groups in total. The molecule has 3 aromatic heterocycles. The van der Waals surface area contributed by atoms with Crippen LogP contribution in [-0.2, 0) is 5.41 Å². The molecule has 0 aliphatic heterocycles. The highest BCUT2D eigenvalue weighted by molar-refractivity contribution is 6.05. The number of fused-ring (bicyclic) bond motifs is 1. The molecule has 5 aromatic rings. The van der Waals surface area contributed by atoms with Gasteiger partial charge in [0, 0.05) is 41.5 Å². The van der Waals surface area contributed by atoms with Gasteiger partial charge in [-0.2, -0.15) is 13.2 Å². The Kier molecular flexibility index (Phi) is 6.09. The topological polar surface area (TPSA) is 64.2 Å². The average molecular weight is 518 g/mol. The van der Waals surface area contributed by atoms with Crippen molar-refractivity contribution in [1.29, 1.82) is 0 Å². The number of imidazole rings is 1. The minimum atomic E-state index is -4.45. The number of carbonyl (C=O) groups excluding carboxylic acids is 1. The first-order valence-corrected chi connectivity index (χ1v) is 12.0. The quantitative estimate of drug-likeness (QED) is 0.276. The smallest absolute Gasteiger partial charge is 0.322 e. The molecule has 1 amide bonds. The standard InChI is InChI=1S/C29H26F3N5O/c1-18-13-19(2)24(36-12-10-26-34-17-25(37(26)36)21-8-6-11-33-16-21)15-23(18)35-27(38)20-7-5-9-22(14-20)28(3,4)29(30,31)32/h5-17H,1-4H3,(H,35,38). The van der Waals surface area contributed by atoms with Crippen LogP contribution in [-0.4, -0.2) is 31.2 Å². The van der Waals surface area contributed by atoms with Gasteiger partial charge in [0.05, 0.1) is 23.0 Å². The van der Waals surface area contributed by atoms with Gasteiger partial charge in [0.1, 0.15) is 0 Å². The Bertz CT molecular complexity index is 1650. The normalized spacial score (nSPS) is 12.2. The third-order valence-corrected chi connectivity index (χ3v) is 6.89. The summed E-state index contributed by atoms with van der Waals surface area (Å²) in [6, 6.07) is 15.2. The van der Waals surface area contributed by atoms with E-state index in [1.807, 2.05) is 59.6 Å². The van der Waals surface area contributed by atoms with Gasteiger partial charge in [-0.15, -0.1) is 0 Å². The van der Waals surface area contributed by atoms with Crippen LogP contribution >= 0.6 is 0 Å². The van der Waals surface area contributed by atoms with E-state index in [0.29, 0.717) is 5.69 Å². The average Bonchev–Trinajstić information content (AvgIpc) is 3.48. The van der Waals surface area contributed by atoms with Gasteiger partial charge in [0.25, 0.3) is 5.91 Å². The molecule has 0 aliphatic rings. The van der Waals surface area contributed by atoms with E-state index in [9.17, 15) is 18.0 Å². The maximum atomic E-state index is 13.6. The number of nitrogens with one attached hydrogen (secondary N) is 1. The lowest BCUT2D eigenvalue weighted by molar-refractivity contribution is -0.180. The number of aryl methyl sites for hydroxylation is 2. The lowest BCUT2D eigenvalue weighted by Gasteiger charge is -2.28. The third kappa shape index (κ3) is 4.34. The first kappa shape index (κ1) is 25.3. The third-order valence-electron chi connectivity index (χ3n) is 6.89. The number of hydrogen-bond donors (Lipinski definition) is 1. The second kappa shape index (κ2) is 9.16. The van der Waals surface area contributed by atoms with Gasteiger partial charge < -0.3 is 5.32 Å². The maximum Gasteiger partial charge on any atom is 0.397 e. The largest absolute Gasteiger partial charge is 0.397 e. The Morgan fingerprint density at radius 1 is 0.947 bits per heavy atom. The van der Waals surface area contributed by atoms with Crippen LogP contribution in [0, 0.1) is 13.8 Å². The molecule has 3 heterocycles. The van der Waals surface area contributed by atoms with E-state index < -0.39 is 17.5 Å². The molecule has 0 aliphatic carbocycles. The molecule has 5 rings (SSSR count). The molecule has 194 valence electrons. The minimum Gasteiger partial charge on any atom is -0.322 e. The summed E-state index contributed by atoms with van der Waals surface area (Å²) in [4.78, 5) is 21.9. The van der Waals surface area contributed by atoms with Crippen molar-refractivity contribution in [2.24, 2.45) is 0 Å². The number of hydrogen-bond acceptors (Lipinski definition) is 3. The first-order valence-electron chi connectivity index (χ1n) is 12.0. The Labute approximate surface area is 217 Å². The fraction of sp³-hybridized carbons (Fsp3) is 0.207. The molecule has 2 aromatic carbocycles. The van der Waals surface area contributed by atoms with Crippen LogP contribution in [0.3, 0.4) is 0 Å². The van der Waals surface area contributed by atoms with Crippen LogP contribution in [0.25, 0.3) is 22.6 Å². The molecular formula is C29H26F3N5O. The minimum absolute atomic E-state index is 0.0248. The summed E-state index contributed by atoms with van der Waals surface area (Å²) in [7, 11) is 0. The SMILES string of the molecule is Cc1cc(C)c(-n2ccc3ncc(-c4cccnc4)n32)cc1NC(=O)c1cccc(C(C)(C)C(F)(F)F)c1. The number of benzene rings is 2. The Morgan fingerprint density at radius 3 is 2.45 bits per heavy atom. The molecule has 0 atom stereocenters. The van der Waals surface area contributed by atoms with Crippen LogP contribution in [0.1, 0.15) is 40.9 Å². The van der Waals surface area contributed by atoms with E-state index in [1.54, 1.807) is 18.6 Å². The van der Waals surface area contributed by atoms with Crippen molar-refractivity contribution in [2.45, 2.75) is 39.3 Å². The van der Waals surface area contributed by atoms with Crippen molar-refractivity contribution in [3.8, 4) is 16.9 Å². The number of amides is 1. The van der Waals surface area contributed by atoms with Gasteiger partial charge in [0.15, 0.2) is 5.65 Å². The number of carbonyl (C=O) groups is 1. The summed E-state index contributed by atoms with van der Waals surface area (Å²) in [5, 5.41) is 2.89. The molecule has 0 bridgehead atoms. The number of anilines is 1. The van der Waals surface area contributed by atoms with Crippen molar-refractivity contribution >= 4 is 17.2 Å². The van der Waals surface area contributed by atoms with Gasteiger partial charge >= 0.3 is 6.18 Å². The summed E-state index contributed by atoms with van der Waals surface area (Å²) in [5.74, 6) is -0.487. The van der Waals surface area contributed by atoms with Crippen LogP contribution in [0.15, 0.2) is 79.4 Å². The zero-order valence-corrected chi connectivity index (χ0v) is 21.3. The number of alkyl halides is 3. The summed E-state index contributed by atoms with van der Waals surface area (Å²) >= 11 is 0. The molecule has 6 nitrogen and oxygen atoms in total. The van der Waals surface area contributed by atoms with Crippen molar-refractivity contribution in [1.82, 2.24) is 19.2 Å².